The molecule has 2 N–H and O–H groups in total. The summed E-state index contributed by atoms with van der Waals surface area (Å²) < 4.78 is 5.99. The summed E-state index contributed by atoms with van der Waals surface area (Å²) in [5, 5.41) is 12.7. The van der Waals surface area contributed by atoms with E-state index in [0.29, 0.717) is 12.6 Å². The number of hydrogen-bond donors (Lipinski definition) is 2. The summed E-state index contributed by atoms with van der Waals surface area (Å²) in [6.45, 7) is 8.71. The third kappa shape index (κ3) is 4.90. The van der Waals surface area contributed by atoms with E-state index in [9.17, 15) is 5.11 Å². The fourth-order valence-corrected chi connectivity index (χ4v) is 2.40. The Morgan fingerprint density at radius 2 is 2.14 bits per heavy atom. The van der Waals surface area contributed by atoms with Crippen LogP contribution < -0.4 is 15.0 Å². The van der Waals surface area contributed by atoms with Crippen molar-refractivity contribution in [2.24, 2.45) is 0 Å². The van der Waals surface area contributed by atoms with Crippen LogP contribution in [0.5, 0.6) is 5.75 Å². The number of anilines is 1. The molecule has 0 aromatic heterocycles. The summed E-state index contributed by atoms with van der Waals surface area (Å²) in [6, 6.07) is 7.10. The van der Waals surface area contributed by atoms with Crippen LogP contribution >= 0.6 is 0 Å². The van der Waals surface area contributed by atoms with Crippen molar-refractivity contribution in [3.63, 3.8) is 0 Å². The molecule has 118 valence electrons. The van der Waals surface area contributed by atoms with E-state index in [1.54, 1.807) is 0 Å². The number of aliphatic hydroxyl groups excluding tert-OH is 1. The van der Waals surface area contributed by atoms with Crippen molar-refractivity contribution in [1.29, 1.82) is 0 Å². The second-order valence-electron chi connectivity index (χ2n) is 5.93. The molecule has 0 saturated heterocycles. The van der Waals surface area contributed by atoms with Crippen molar-refractivity contribution in [3.05, 3.63) is 23.8 Å². The molecule has 1 aromatic carbocycles. The minimum absolute atomic E-state index is 0.142. The molecule has 0 bridgehead atoms. The SMILES string of the molecule is CCN(CCO)c1ccc(CNC2CC2)cc1OC(C)C. The van der Waals surface area contributed by atoms with Gasteiger partial charge in [0.1, 0.15) is 5.75 Å². The number of likely N-dealkylation sites (N-methyl/N-ethyl adjacent to an activating group) is 1. The zero-order chi connectivity index (χ0) is 15.2. The Kier molecular flexibility index (Phi) is 5.88. The monoisotopic (exact) mass is 292 g/mol. The summed E-state index contributed by atoms with van der Waals surface area (Å²) in [7, 11) is 0. The number of benzene rings is 1. The van der Waals surface area contributed by atoms with E-state index in [4.69, 9.17) is 4.74 Å². The molecule has 1 aliphatic rings. The van der Waals surface area contributed by atoms with Crippen LogP contribution in [-0.4, -0.2) is 36.9 Å². The first-order chi connectivity index (χ1) is 10.1. The highest BCUT2D eigenvalue weighted by Crippen LogP contribution is 2.31. The second kappa shape index (κ2) is 7.66. The zero-order valence-electron chi connectivity index (χ0n) is 13.4. The lowest BCUT2D eigenvalue weighted by Gasteiger charge is -2.26. The van der Waals surface area contributed by atoms with Crippen LogP contribution in [0.2, 0.25) is 0 Å². The van der Waals surface area contributed by atoms with Crippen molar-refractivity contribution in [2.45, 2.75) is 52.3 Å². The average Bonchev–Trinajstić information content (AvgIpc) is 3.27. The van der Waals surface area contributed by atoms with E-state index < -0.39 is 0 Å². The van der Waals surface area contributed by atoms with Gasteiger partial charge in [0.05, 0.1) is 18.4 Å². The van der Waals surface area contributed by atoms with Gasteiger partial charge in [-0.1, -0.05) is 6.07 Å². The Bertz CT molecular complexity index is 444. The topological polar surface area (TPSA) is 44.7 Å². The van der Waals surface area contributed by atoms with E-state index in [2.05, 4.69) is 35.3 Å². The first-order valence-electron chi connectivity index (χ1n) is 8.02. The van der Waals surface area contributed by atoms with Crippen LogP contribution in [0, 0.1) is 0 Å². The first kappa shape index (κ1) is 16.1. The van der Waals surface area contributed by atoms with Gasteiger partial charge in [0, 0.05) is 25.7 Å². The average molecular weight is 292 g/mol. The molecule has 4 heteroatoms. The van der Waals surface area contributed by atoms with E-state index in [-0.39, 0.29) is 12.7 Å². The van der Waals surface area contributed by atoms with Gasteiger partial charge in [-0.2, -0.15) is 0 Å². The van der Waals surface area contributed by atoms with Gasteiger partial charge >= 0.3 is 0 Å². The number of nitrogens with one attached hydrogen (secondary N) is 1. The van der Waals surface area contributed by atoms with Gasteiger partial charge in [-0.25, -0.2) is 0 Å². The summed E-state index contributed by atoms with van der Waals surface area (Å²) in [4.78, 5) is 2.15. The van der Waals surface area contributed by atoms with Crippen molar-refractivity contribution in [3.8, 4) is 5.75 Å². The third-order valence-electron chi connectivity index (χ3n) is 3.65. The third-order valence-corrected chi connectivity index (χ3v) is 3.65. The maximum atomic E-state index is 9.22. The normalized spacial score (nSPS) is 14.5. The summed E-state index contributed by atoms with van der Waals surface area (Å²) in [5.74, 6) is 0.912. The van der Waals surface area contributed by atoms with Crippen LogP contribution in [0.25, 0.3) is 0 Å². The molecule has 0 amide bonds. The standard InChI is InChI=1S/C17H28N2O2/c1-4-19(9-10-20)16-8-5-14(12-18-15-6-7-15)11-17(16)21-13(2)3/h5,8,11,13,15,18,20H,4,6-7,9-10,12H2,1-3H3. The Morgan fingerprint density at radius 1 is 1.38 bits per heavy atom. The number of nitrogens with zero attached hydrogens (tertiary/aromatic N) is 1. The van der Waals surface area contributed by atoms with Crippen LogP contribution in [0.1, 0.15) is 39.2 Å². The second-order valence-corrected chi connectivity index (χ2v) is 5.93. The highest BCUT2D eigenvalue weighted by Gasteiger charge is 2.20. The largest absolute Gasteiger partial charge is 0.489 e. The molecule has 1 saturated carbocycles. The number of hydrogen-bond acceptors (Lipinski definition) is 4. The minimum atomic E-state index is 0.142. The van der Waals surface area contributed by atoms with E-state index in [1.165, 1.54) is 18.4 Å². The van der Waals surface area contributed by atoms with Crippen LogP contribution in [0.4, 0.5) is 5.69 Å². The van der Waals surface area contributed by atoms with Crippen molar-refractivity contribution >= 4 is 5.69 Å². The van der Waals surface area contributed by atoms with Gasteiger partial charge in [0.15, 0.2) is 0 Å². The number of ether oxygens (including phenoxy) is 1. The highest BCUT2D eigenvalue weighted by atomic mass is 16.5. The van der Waals surface area contributed by atoms with Gasteiger partial charge in [-0.05, 0) is 51.3 Å². The molecular weight excluding hydrogens is 264 g/mol. The van der Waals surface area contributed by atoms with E-state index in [0.717, 1.165) is 24.5 Å². The molecule has 21 heavy (non-hydrogen) atoms. The van der Waals surface area contributed by atoms with Crippen LogP contribution in [-0.2, 0) is 6.54 Å². The molecule has 0 atom stereocenters. The number of aliphatic hydroxyl groups is 1. The lowest BCUT2D eigenvalue weighted by molar-refractivity contribution is 0.242. The Balaban J connectivity index is 2.16. The maximum Gasteiger partial charge on any atom is 0.143 e. The van der Waals surface area contributed by atoms with Crippen LogP contribution in [0.15, 0.2) is 18.2 Å². The van der Waals surface area contributed by atoms with E-state index >= 15 is 0 Å². The fraction of sp³-hybridized carbons (Fsp3) is 0.647. The van der Waals surface area contributed by atoms with Crippen molar-refractivity contribution in [2.75, 3.05) is 24.6 Å². The van der Waals surface area contributed by atoms with Crippen LogP contribution in [0.3, 0.4) is 0 Å². The molecule has 1 aliphatic carbocycles. The number of rotatable bonds is 9. The zero-order valence-corrected chi connectivity index (χ0v) is 13.4. The molecular formula is C17H28N2O2. The van der Waals surface area contributed by atoms with Gasteiger partial charge in [-0.15, -0.1) is 0 Å². The molecule has 0 radical (unpaired) electrons. The lowest BCUT2D eigenvalue weighted by atomic mass is 10.1. The maximum absolute atomic E-state index is 9.22. The molecule has 4 nitrogen and oxygen atoms in total. The predicted molar refractivity (Wildman–Crippen MR) is 87.0 cm³/mol. The molecule has 1 aromatic rings. The van der Waals surface area contributed by atoms with Gasteiger partial charge in [0.2, 0.25) is 0 Å². The predicted octanol–water partition coefficient (Wildman–Crippen LogP) is 2.54. The molecule has 0 spiro atoms. The first-order valence-corrected chi connectivity index (χ1v) is 8.02. The van der Waals surface area contributed by atoms with Gasteiger partial charge < -0.3 is 20.1 Å². The van der Waals surface area contributed by atoms with Crippen molar-refractivity contribution in [1.82, 2.24) is 5.32 Å². The smallest absolute Gasteiger partial charge is 0.143 e. The molecule has 0 unspecified atom stereocenters. The molecule has 2 rings (SSSR count). The summed E-state index contributed by atoms with van der Waals surface area (Å²) in [6.07, 6.45) is 2.74. The highest BCUT2D eigenvalue weighted by molar-refractivity contribution is 5.60. The molecule has 0 heterocycles. The lowest BCUT2D eigenvalue weighted by Crippen LogP contribution is -2.27. The Labute approximate surface area is 128 Å². The minimum Gasteiger partial charge on any atom is -0.489 e. The summed E-state index contributed by atoms with van der Waals surface area (Å²) >= 11 is 0. The van der Waals surface area contributed by atoms with E-state index in [1.807, 2.05) is 13.8 Å². The Hall–Kier alpha value is -1.26. The fourth-order valence-electron chi connectivity index (χ4n) is 2.40. The summed E-state index contributed by atoms with van der Waals surface area (Å²) in [5.41, 5.74) is 2.32. The van der Waals surface area contributed by atoms with Gasteiger partial charge in [0.25, 0.3) is 0 Å². The molecule has 1 fully saturated rings. The van der Waals surface area contributed by atoms with Crippen molar-refractivity contribution < 1.29 is 9.84 Å². The quantitative estimate of drug-likeness (QED) is 0.734. The van der Waals surface area contributed by atoms with Gasteiger partial charge in [-0.3, -0.25) is 0 Å². The Morgan fingerprint density at radius 3 is 2.71 bits per heavy atom. The molecule has 0 aliphatic heterocycles.